The number of carbonyl (C=O) groups is 3. The van der Waals surface area contributed by atoms with Gasteiger partial charge in [0.2, 0.25) is 15.6 Å². The molecule has 0 spiro atoms. The molecular formula is C16H29IN2O7. The maximum atomic E-state index is 11.7. The van der Waals surface area contributed by atoms with Gasteiger partial charge in [-0.1, -0.05) is 0 Å². The highest BCUT2D eigenvalue weighted by Gasteiger charge is 2.17. The Labute approximate surface area is 168 Å². The molecule has 0 fully saturated rings. The van der Waals surface area contributed by atoms with Gasteiger partial charge in [0.25, 0.3) is 0 Å². The molecule has 0 saturated heterocycles. The molecule has 0 aliphatic heterocycles. The van der Waals surface area contributed by atoms with Gasteiger partial charge in [-0.25, -0.2) is 0 Å². The first-order valence-electron chi connectivity index (χ1n) is 8.40. The van der Waals surface area contributed by atoms with Crippen molar-refractivity contribution in [2.75, 3.05) is 60.4 Å². The predicted octanol–water partition coefficient (Wildman–Crippen LogP) is 0.0453. The summed E-state index contributed by atoms with van der Waals surface area (Å²) in [5.74, 6) is -0.526. The van der Waals surface area contributed by atoms with Gasteiger partial charge in [0.05, 0.1) is 32.5 Å². The summed E-state index contributed by atoms with van der Waals surface area (Å²) in [7, 11) is 3.11. The SMILES string of the molecule is COCCOCC(=O)NCCCC[C@H](NC(=O)COCCOC)C(=O)I. The van der Waals surface area contributed by atoms with E-state index in [0.717, 1.165) is 0 Å². The van der Waals surface area contributed by atoms with E-state index in [2.05, 4.69) is 10.6 Å². The molecule has 0 unspecified atom stereocenters. The molecule has 2 amide bonds. The summed E-state index contributed by atoms with van der Waals surface area (Å²) in [6, 6.07) is -0.554. The molecule has 152 valence electrons. The second-order valence-corrected chi connectivity index (χ2v) is 6.42. The average Bonchev–Trinajstić information content (AvgIpc) is 2.61. The molecular weight excluding hydrogens is 459 g/mol. The molecule has 0 aromatic rings. The number of ether oxygens (including phenoxy) is 4. The van der Waals surface area contributed by atoms with Crippen molar-refractivity contribution in [2.45, 2.75) is 25.3 Å². The van der Waals surface area contributed by atoms with E-state index in [1.807, 2.05) is 0 Å². The number of unbranched alkanes of at least 4 members (excludes halogenated alkanes) is 1. The van der Waals surface area contributed by atoms with E-state index in [-0.39, 0.29) is 28.8 Å². The highest BCUT2D eigenvalue weighted by Crippen LogP contribution is 2.06. The zero-order valence-corrected chi connectivity index (χ0v) is 17.5. The van der Waals surface area contributed by atoms with Crippen LogP contribution in [-0.2, 0) is 33.3 Å². The number of hydrogen-bond donors (Lipinski definition) is 2. The van der Waals surface area contributed by atoms with E-state index in [0.29, 0.717) is 52.2 Å². The number of methoxy groups -OCH3 is 2. The molecule has 9 nitrogen and oxygen atoms in total. The van der Waals surface area contributed by atoms with Gasteiger partial charge < -0.3 is 29.6 Å². The molecule has 0 aromatic carbocycles. The van der Waals surface area contributed by atoms with Crippen LogP contribution in [0.5, 0.6) is 0 Å². The van der Waals surface area contributed by atoms with Crippen LogP contribution in [0.4, 0.5) is 0 Å². The highest BCUT2D eigenvalue weighted by atomic mass is 127. The quantitative estimate of drug-likeness (QED) is 0.169. The number of carbonyl (C=O) groups excluding carboxylic acids is 3. The zero-order chi connectivity index (χ0) is 19.6. The smallest absolute Gasteiger partial charge is 0.246 e. The number of amides is 2. The van der Waals surface area contributed by atoms with Gasteiger partial charge in [0.1, 0.15) is 13.2 Å². The Balaban J connectivity index is 3.81. The minimum atomic E-state index is -0.554. The molecule has 0 radical (unpaired) electrons. The van der Waals surface area contributed by atoms with Crippen molar-refractivity contribution >= 4 is 38.2 Å². The summed E-state index contributed by atoms with van der Waals surface area (Å²) >= 11 is 1.67. The summed E-state index contributed by atoms with van der Waals surface area (Å²) in [6.07, 6.45) is 1.89. The third-order valence-electron chi connectivity index (χ3n) is 3.18. The van der Waals surface area contributed by atoms with Gasteiger partial charge in [-0.05, 0) is 19.3 Å². The molecule has 0 saturated carbocycles. The lowest BCUT2D eigenvalue weighted by Crippen LogP contribution is -2.41. The Kier molecular flexibility index (Phi) is 17.0. The van der Waals surface area contributed by atoms with Crippen LogP contribution in [0.2, 0.25) is 0 Å². The Bertz CT molecular complexity index is 410. The average molecular weight is 488 g/mol. The number of halogens is 1. The minimum Gasteiger partial charge on any atom is -0.382 e. The van der Waals surface area contributed by atoms with Crippen molar-refractivity contribution in [3.8, 4) is 0 Å². The molecule has 0 heterocycles. The fourth-order valence-corrected chi connectivity index (χ4v) is 2.31. The maximum Gasteiger partial charge on any atom is 0.246 e. The van der Waals surface area contributed by atoms with Crippen LogP contribution in [-0.4, -0.2) is 82.1 Å². The number of nitrogens with one attached hydrogen (secondary N) is 2. The van der Waals surface area contributed by atoms with E-state index in [9.17, 15) is 14.4 Å². The van der Waals surface area contributed by atoms with E-state index < -0.39 is 6.04 Å². The summed E-state index contributed by atoms with van der Waals surface area (Å²) in [4.78, 5) is 34.8. The standard InChI is InChI=1S/C16H29IN2O7/c1-23-7-9-25-11-14(20)18-6-4-3-5-13(16(17)22)19-15(21)12-26-10-8-24-2/h13H,3-12H2,1-2H3,(H,18,20)(H,19,21)/t13-/m0/s1. The van der Waals surface area contributed by atoms with Crippen molar-refractivity contribution in [2.24, 2.45) is 0 Å². The van der Waals surface area contributed by atoms with Crippen LogP contribution >= 0.6 is 22.6 Å². The minimum absolute atomic E-state index is 0.00263. The van der Waals surface area contributed by atoms with Crippen molar-refractivity contribution in [1.82, 2.24) is 10.6 Å². The highest BCUT2D eigenvalue weighted by molar-refractivity contribution is 14.1. The topological polar surface area (TPSA) is 112 Å². The largest absolute Gasteiger partial charge is 0.382 e. The van der Waals surface area contributed by atoms with Gasteiger partial charge in [-0.3, -0.25) is 14.4 Å². The van der Waals surface area contributed by atoms with Gasteiger partial charge >= 0.3 is 0 Å². The first-order chi connectivity index (χ1) is 12.5. The Hall–Kier alpha value is -0.820. The third-order valence-corrected chi connectivity index (χ3v) is 3.93. The maximum absolute atomic E-state index is 11.7. The number of rotatable bonds is 17. The third kappa shape index (κ3) is 15.4. The molecule has 26 heavy (non-hydrogen) atoms. The van der Waals surface area contributed by atoms with Gasteiger partial charge in [-0.15, -0.1) is 0 Å². The van der Waals surface area contributed by atoms with Crippen molar-refractivity contribution < 1.29 is 33.3 Å². The van der Waals surface area contributed by atoms with E-state index >= 15 is 0 Å². The fourth-order valence-electron chi connectivity index (χ4n) is 1.84. The van der Waals surface area contributed by atoms with Crippen molar-refractivity contribution in [3.63, 3.8) is 0 Å². The first kappa shape index (κ1) is 25.2. The van der Waals surface area contributed by atoms with Crippen molar-refractivity contribution in [1.29, 1.82) is 0 Å². The summed E-state index contributed by atoms with van der Waals surface area (Å²) in [5.41, 5.74) is 0. The van der Waals surface area contributed by atoms with Crippen LogP contribution in [0.25, 0.3) is 0 Å². The lowest BCUT2D eigenvalue weighted by Gasteiger charge is -2.15. The monoisotopic (exact) mass is 488 g/mol. The molecule has 0 aliphatic rings. The molecule has 0 bridgehead atoms. The second kappa shape index (κ2) is 17.6. The van der Waals surface area contributed by atoms with Crippen LogP contribution in [0.1, 0.15) is 19.3 Å². The van der Waals surface area contributed by atoms with E-state index in [1.165, 1.54) is 0 Å². The van der Waals surface area contributed by atoms with Crippen molar-refractivity contribution in [3.05, 3.63) is 0 Å². The number of hydrogen-bond acceptors (Lipinski definition) is 7. The van der Waals surface area contributed by atoms with E-state index in [1.54, 1.807) is 36.8 Å². The van der Waals surface area contributed by atoms with Gasteiger partial charge in [0.15, 0.2) is 0 Å². The molecule has 0 aromatic heterocycles. The fraction of sp³-hybridized carbons (Fsp3) is 0.812. The predicted molar refractivity (Wildman–Crippen MR) is 103 cm³/mol. The second-order valence-electron chi connectivity index (χ2n) is 5.36. The summed E-state index contributed by atoms with van der Waals surface area (Å²) < 4.78 is 19.7. The van der Waals surface area contributed by atoms with Crippen LogP contribution in [0.15, 0.2) is 0 Å². The Morgan fingerprint density at radius 1 is 0.885 bits per heavy atom. The normalized spacial score (nSPS) is 11.8. The van der Waals surface area contributed by atoms with Crippen LogP contribution < -0.4 is 10.6 Å². The lowest BCUT2D eigenvalue weighted by molar-refractivity contribution is -0.128. The molecule has 0 rings (SSSR count). The van der Waals surface area contributed by atoms with Crippen LogP contribution in [0, 0.1) is 0 Å². The van der Waals surface area contributed by atoms with Gasteiger partial charge in [-0.2, -0.15) is 0 Å². The molecule has 0 aliphatic carbocycles. The lowest BCUT2D eigenvalue weighted by atomic mass is 10.1. The zero-order valence-electron chi connectivity index (χ0n) is 15.4. The molecule has 10 heteroatoms. The Morgan fingerprint density at radius 3 is 2.00 bits per heavy atom. The Morgan fingerprint density at radius 2 is 1.46 bits per heavy atom. The van der Waals surface area contributed by atoms with Crippen LogP contribution in [0.3, 0.4) is 0 Å². The van der Waals surface area contributed by atoms with E-state index in [4.69, 9.17) is 18.9 Å². The molecule has 2 N–H and O–H groups in total. The summed E-state index contributed by atoms with van der Waals surface area (Å²) in [5, 5.41) is 5.38. The first-order valence-corrected chi connectivity index (χ1v) is 9.47. The van der Waals surface area contributed by atoms with Gasteiger partial charge in [0, 0.05) is 43.4 Å². The molecule has 1 atom stereocenters. The summed E-state index contributed by atoms with van der Waals surface area (Å²) in [6.45, 7) is 1.93.